The number of carbonyl (C=O) groups is 3. The van der Waals surface area contributed by atoms with E-state index in [1.807, 2.05) is 53.6 Å². The molecule has 3 aromatic rings. The summed E-state index contributed by atoms with van der Waals surface area (Å²) in [5, 5.41) is 40.3. The van der Waals surface area contributed by atoms with E-state index < -0.39 is 123 Å². The van der Waals surface area contributed by atoms with Crippen molar-refractivity contribution in [1.29, 1.82) is 0 Å². The number of unbranched alkanes of at least 4 members (excludes halogenated alkanes) is 4. The molecule has 498 valence electrons. The van der Waals surface area contributed by atoms with Gasteiger partial charge in [-0.2, -0.15) is 0 Å². The average Bonchev–Trinajstić information content (AvgIpc) is 1.64. The van der Waals surface area contributed by atoms with E-state index >= 15 is 0 Å². The molecule has 7 rings (SSSR count). The maximum absolute atomic E-state index is 15.0. The number of aliphatic hydroxyl groups excluding tert-OH is 2. The van der Waals surface area contributed by atoms with Crippen molar-refractivity contribution in [1.82, 2.24) is 9.80 Å². The van der Waals surface area contributed by atoms with E-state index in [9.17, 15) is 54.9 Å². The average molecular weight is 1290 g/mol. The number of nitrogens with zero attached hydrogens (tertiary/aromatic N) is 2. The molecule has 0 aliphatic carbocycles. The zero-order valence-corrected chi connectivity index (χ0v) is 55.0. The number of carbonyl (C=O) groups excluding carboxylic acids is 3. The Morgan fingerprint density at radius 3 is 1.80 bits per heavy atom. The third-order valence-corrected chi connectivity index (χ3v) is 22.7. The van der Waals surface area contributed by atoms with Gasteiger partial charge in [-0.1, -0.05) is 88.2 Å². The monoisotopic (exact) mass is 1290 g/mol. The Hall–Kier alpha value is -4.05. The summed E-state index contributed by atoms with van der Waals surface area (Å²) in [6, 6.07) is 31.6. The van der Waals surface area contributed by atoms with Crippen LogP contribution in [0.4, 0.5) is 30.0 Å². The van der Waals surface area contributed by atoms with Crippen LogP contribution in [-0.4, -0.2) is 167 Å². The number of ether oxygens (including phenoxy) is 8. The first kappa shape index (κ1) is 73.0. The van der Waals surface area contributed by atoms with Gasteiger partial charge in [0.1, 0.15) is 41.5 Å². The van der Waals surface area contributed by atoms with Crippen molar-refractivity contribution in [2.75, 3.05) is 33.9 Å². The Labute approximate surface area is 516 Å². The molecule has 4 fully saturated rings. The molecule has 0 radical (unpaired) electrons. The fourth-order valence-electron chi connectivity index (χ4n) is 13.6. The predicted octanol–water partition coefficient (Wildman–Crippen LogP) is 11.7. The molecular formula is C64H96F6N2O14P2. The number of rotatable bonds is 18. The van der Waals surface area contributed by atoms with E-state index in [1.165, 1.54) is 23.0 Å². The molecule has 4 aliphatic rings. The zero-order chi connectivity index (χ0) is 65.4. The van der Waals surface area contributed by atoms with Crippen LogP contribution in [0.3, 0.4) is 0 Å². The van der Waals surface area contributed by atoms with Crippen molar-refractivity contribution in [2.24, 2.45) is 17.8 Å². The number of hydrogen-bond donors (Lipinski definition) is 3. The van der Waals surface area contributed by atoms with Crippen molar-refractivity contribution in [3.05, 3.63) is 91.0 Å². The fraction of sp³-hybridized carbons (Fsp3) is 0.672. The van der Waals surface area contributed by atoms with Gasteiger partial charge in [-0.15, -0.1) is 0 Å². The van der Waals surface area contributed by atoms with Crippen LogP contribution in [0.1, 0.15) is 133 Å². The number of cyclic esters (lactones) is 1. The van der Waals surface area contributed by atoms with E-state index in [0.29, 0.717) is 12.8 Å². The summed E-state index contributed by atoms with van der Waals surface area (Å²) in [7, 11) is -7.35. The summed E-state index contributed by atoms with van der Waals surface area (Å²) in [6.07, 6.45) is -3.99. The van der Waals surface area contributed by atoms with Gasteiger partial charge in [0.05, 0.1) is 53.7 Å². The van der Waals surface area contributed by atoms with E-state index in [1.54, 1.807) is 39.5 Å². The predicted molar refractivity (Wildman–Crippen MR) is 328 cm³/mol. The van der Waals surface area contributed by atoms with Crippen LogP contribution in [0.5, 0.6) is 0 Å². The standard InChI is InChI=1S/C64H96N2O14P.F6P/c1-14-51-64(10)58(79-61(71)80-64)45(6)66(52(67)35-27-16-15-17-28-36-81(47-29-21-18-22-30-47,48-31-23-19-24-32-48)49-33-25-20-26-34-49)40-41(2)38-62(8,72)57(78-60-54(68)50(65(11)12)37-42(3)74-60)43(4)55(44(5)59(70)76-51)77-53-39-63(9,73-13)56(69)46(7)75-53;1-7(2,3,4,5)6/h18-26,29-34,41-46,50-51,53-58,60,68-69,72H,14-17,27-28,35-40H2,1-13H3;/q+1;-1/t41-,42-,43+,44-,45-,46+,50+,51-,53+,54-,55+,56+,57-,58-,60+,62-,63-,64-;/m1./s1. The van der Waals surface area contributed by atoms with Gasteiger partial charge < -0.3 is 63.0 Å². The summed E-state index contributed by atoms with van der Waals surface area (Å²) in [5.74, 6) is -3.14. The second-order valence-electron chi connectivity index (χ2n) is 25.7. The van der Waals surface area contributed by atoms with Crippen molar-refractivity contribution < 1.29 is 92.8 Å². The van der Waals surface area contributed by atoms with Gasteiger partial charge in [-0.05, 0) is 143 Å². The molecule has 0 saturated carbocycles. The van der Waals surface area contributed by atoms with Crippen LogP contribution in [0, 0.1) is 17.8 Å². The number of amides is 1. The first-order valence-corrected chi connectivity index (χ1v) is 34.8. The van der Waals surface area contributed by atoms with Crippen LogP contribution in [0.2, 0.25) is 0 Å². The first-order valence-electron chi connectivity index (χ1n) is 30.8. The molecule has 3 aromatic carbocycles. The number of hydrogen-bond acceptors (Lipinski definition) is 15. The Morgan fingerprint density at radius 1 is 0.761 bits per heavy atom. The first-order chi connectivity index (χ1) is 40.8. The van der Waals surface area contributed by atoms with Crippen molar-refractivity contribution >= 4 is 49.0 Å². The summed E-state index contributed by atoms with van der Waals surface area (Å²) in [6.45, 7) is 18.0. The topological polar surface area (TPSA) is 192 Å². The molecule has 0 aromatic heterocycles. The molecule has 0 bridgehead atoms. The van der Waals surface area contributed by atoms with Crippen LogP contribution in [-0.2, 0) is 47.5 Å². The second kappa shape index (κ2) is 28.9. The van der Waals surface area contributed by atoms with E-state index in [0.717, 1.165) is 31.8 Å². The summed E-state index contributed by atoms with van der Waals surface area (Å²) in [5.41, 5.74) is -4.32. The van der Waals surface area contributed by atoms with E-state index in [-0.39, 0.29) is 50.3 Å². The molecule has 0 unspecified atom stereocenters. The quantitative estimate of drug-likeness (QED) is 0.0471. The number of esters is 1. The third-order valence-electron chi connectivity index (χ3n) is 18.2. The van der Waals surface area contributed by atoms with Crippen molar-refractivity contribution in [3.63, 3.8) is 0 Å². The number of likely N-dealkylation sites (N-methyl/N-ethyl adjacent to an activating group) is 1. The molecule has 24 heteroatoms. The van der Waals surface area contributed by atoms with E-state index in [2.05, 4.69) is 91.0 Å². The van der Waals surface area contributed by atoms with Gasteiger partial charge >= 0.3 is 45.1 Å². The van der Waals surface area contributed by atoms with Gasteiger partial charge in [0, 0.05) is 38.5 Å². The molecule has 4 heterocycles. The minimum atomic E-state index is -10.7. The molecule has 16 nitrogen and oxygen atoms in total. The van der Waals surface area contributed by atoms with Gasteiger partial charge in [0.25, 0.3) is 0 Å². The van der Waals surface area contributed by atoms with Crippen LogP contribution >= 0.6 is 15.1 Å². The molecule has 3 N–H and O–H groups in total. The molecule has 4 saturated heterocycles. The van der Waals surface area contributed by atoms with Crippen molar-refractivity contribution in [2.45, 2.75) is 224 Å². The van der Waals surface area contributed by atoms with Crippen molar-refractivity contribution in [3.8, 4) is 0 Å². The molecule has 88 heavy (non-hydrogen) atoms. The summed E-state index contributed by atoms with van der Waals surface area (Å²) < 4.78 is 110. The molecule has 4 aliphatic heterocycles. The van der Waals surface area contributed by atoms with Gasteiger partial charge in [-0.3, -0.25) is 9.59 Å². The van der Waals surface area contributed by atoms with Gasteiger partial charge in [0.2, 0.25) is 5.91 Å². The van der Waals surface area contributed by atoms with Gasteiger partial charge in [0.15, 0.2) is 24.3 Å². The van der Waals surface area contributed by atoms with Crippen LogP contribution < -0.4 is 15.9 Å². The Balaban J connectivity index is 0.00000166. The normalized spacial score (nSPS) is 35.4. The number of fused-ring (bicyclic) bond motifs is 1. The molecule has 1 amide bonds. The Kier molecular flexibility index (Phi) is 23.9. The van der Waals surface area contributed by atoms with Gasteiger partial charge in [-0.25, -0.2) is 4.79 Å². The number of aliphatic hydroxyl groups is 3. The molecule has 18 atom stereocenters. The second-order valence-corrected chi connectivity index (χ2v) is 31.2. The minimum absolute atomic E-state index is 0.0827. The summed E-state index contributed by atoms with van der Waals surface area (Å²) >= 11 is 0. The SMILES string of the molecule is CC[C@H]1OC(=O)[C@H](C)[C@@H](O[C@H]2C[C@@](C)(OC)[C@@H](O)[C@H](C)O2)[C@H](C)[C@@H](O[C@@H]2O[C@H](C)C[C@H](N(C)C)[C@H]2O)[C@](C)(O)C[C@@H](C)CN(C(=O)CCCCCCC[P+](c2ccccc2)(c2ccccc2)c2ccccc2)[C@H](C)[C@H]2OC(=O)O[C@@]21C.F[P-](F)(F)(F)(F)F. The number of methoxy groups -OCH3 is 1. The fourth-order valence-corrected chi connectivity index (χ4v) is 18.0. The molecular weight excluding hydrogens is 1200 g/mol. The Morgan fingerprint density at radius 2 is 1.28 bits per heavy atom. The third kappa shape index (κ3) is 18.8. The molecule has 0 spiro atoms. The zero-order valence-electron chi connectivity index (χ0n) is 53.2. The van der Waals surface area contributed by atoms with Crippen LogP contribution in [0.15, 0.2) is 91.0 Å². The van der Waals surface area contributed by atoms with Crippen LogP contribution in [0.25, 0.3) is 0 Å². The summed E-state index contributed by atoms with van der Waals surface area (Å²) in [4.78, 5) is 47.0. The number of halogens is 6. The Bertz CT molecular complexity index is 2620. The maximum atomic E-state index is 15.0. The number of benzene rings is 3. The van der Waals surface area contributed by atoms with E-state index in [4.69, 9.17) is 37.9 Å².